The lowest BCUT2D eigenvalue weighted by molar-refractivity contribution is 0.578. The first-order chi connectivity index (χ1) is 15.0. The van der Waals surface area contributed by atoms with Crippen molar-refractivity contribution in [3.05, 3.63) is 82.6 Å². The van der Waals surface area contributed by atoms with Crippen LogP contribution in [-0.2, 0) is 26.3 Å². The predicted molar refractivity (Wildman–Crippen MR) is 125 cm³/mol. The number of rotatable bonds is 8. The maximum Gasteiger partial charge on any atom is 0.240 e. The van der Waals surface area contributed by atoms with Gasteiger partial charge in [0, 0.05) is 24.9 Å². The fraction of sp³-hybridized carbons (Fsp3) is 0.261. The molecule has 3 aromatic rings. The molecule has 0 saturated heterocycles. The summed E-state index contributed by atoms with van der Waals surface area (Å²) in [5, 5.41) is 0.0934. The molecule has 0 bridgehead atoms. The normalized spacial score (nSPS) is 12.3. The molecule has 0 amide bonds. The van der Waals surface area contributed by atoms with E-state index >= 15 is 0 Å². The van der Waals surface area contributed by atoms with Gasteiger partial charge in [0.2, 0.25) is 19.9 Å². The molecule has 1 aromatic heterocycles. The van der Waals surface area contributed by atoms with Crippen LogP contribution in [0.2, 0.25) is 5.02 Å². The number of halogens is 1. The molecule has 0 aliphatic rings. The summed E-state index contributed by atoms with van der Waals surface area (Å²) in [4.78, 5) is 3.99. The highest BCUT2D eigenvalue weighted by molar-refractivity contribution is 7.92. The van der Waals surface area contributed by atoms with Crippen LogP contribution >= 0.6 is 11.6 Å². The summed E-state index contributed by atoms with van der Waals surface area (Å²) in [5.41, 5.74) is 1.78. The Morgan fingerprint density at radius 1 is 1.00 bits per heavy atom. The van der Waals surface area contributed by atoms with E-state index in [0.717, 1.165) is 5.69 Å². The van der Waals surface area contributed by atoms with Gasteiger partial charge in [0.25, 0.3) is 0 Å². The van der Waals surface area contributed by atoms with Crippen LogP contribution < -0.4 is 4.72 Å². The molecule has 2 aromatic carbocycles. The van der Waals surface area contributed by atoms with Gasteiger partial charge in [-0.15, -0.1) is 0 Å². The number of hydrogen-bond acceptors (Lipinski definition) is 5. The summed E-state index contributed by atoms with van der Waals surface area (Å²) in [7, 11) is -7.99. The minimum Gasteiger partial charge on any atom is -0.261 e. The molecule has 6 nitrogen and oxygen atoms in total. The third kappa shape index (κ3) is 5.20. The second-order valence-corrected chi connectivity index (χ2v) is 11.7. The van der Waals surface area contributed by atoms with Gasteiger partial charge in [-0.2, -0.15) is 0 Å². The molecule has 1 heterocycles. The van der Waals surface area contributed by atoms with Crippen molar-refractivity contribution in [3.63, 3.8) is 0 Å². The van der Waals surface area contributed by atoms with E-state index in [-0.39, 0.29) is 32.2 Å². The van der Waals surface area contributed by atoms with Crippen LogP contribution in [-0.4, -0.2) is 28.4 Å². The minimum atomic E-state index is -4.02. The molecular formula is C23H25ClN2O4S2. The van der Waals surface area contributed by atoms with Crippen molar-refractivity contribution < 1.29 is 16.8 Å². The molecule has 0 radical (unpaired) electrons. The van der Waals surface area contributed by atoms with E-state index in [1.54, 1.807) is 37.4 Å². The van der Waals surface area contributed by atoms with Crippen LogP contribution in [0.1, 0.15) is 36.6 Å². The lowest BCUT2D eigenvalue weighted by Crippen LogP contribution is -2.27. The molecule has 0 spiro atoms. The summed E-state index contributed by atoms with van der Waals surface area (Å²) >= 11 is 6.19. The van der Waals surface area contributed by atoms with Crippen LogP contribution in [0.3, 0.4) is 0 Å². The quantitative estimate of drug-likeness (QED) is 0.499. The summed E-state index contributed by atoms with van der Waals surface area (Å²) in [6, 6.07) is 14.5. The van der Waals surface area contributed by atoms with E-state index in [1.165, 1.54) is 18.2 Å². The van der Waals surface area contributed by atoms with E-state index in [9.17, 15) is 16.8 Å². The molecule has 0 fully saturated rings. The first-order valence-corrected chi connectivity index (χ1v) is 13.4. The largest absolute Gasteiger partial charge is 0.261 e. The monoisotopic (exact) mass is 492 g/mol. The van der Waals surface area contributed by atoms with Crippen LogP contribution in [0, 0.1) is 6.92 Å². The standard InChI is InChI=1S/C23H25ClN2O4S2/c1-16(2)20-11-10-19(31(27,28)23-17(3)7-6-9-21(23)24)15-22(20)32(29,30)26-14-12-18-8-4-5-13-25-18/h4-11,13,15-16,26H,12,14H2,1-3H3. The summed E-state index contributed by atoms with van der Waals surface area (Å²) in [6.07, 6.45) is 2.06. The van der Waals surface area contributed by atoms with Gasteiger partial charge in [-0.3, -0.25) is 4.98 Å². The van der Waals surface area contributed by atoms with Crippen molar-refractivity contribution in [2.24, 2.45) is 0 Å². The second-order valence-electron chi connectivity index (χ2n) is 7.71. The van der Waals surface area contributed by atoms with Gasteiger partial charge in [0.1, 0.15) is 0 Å². The molecule has 0 atom stereocenters. The molecule has 0 saturated carbocycles. The van der Waals surface area contributed by atoms with E-state index in [1.807, 2.05) is 26.0 Å². The Bertz CT molecular complexity index is 1300. The predicted octanol–water partition coefficient (Wildman–Crippen LogP) is 4.52. The number of sulfonamides is 1. The number of aryl methyl sites for hydroxylation is 1. The van der Waals surface area contributed by atoms with E-state index in [4.69, 9.17) is 11.6 Å². The van der Waals surface area contributed by atoms with Gasteiger partial charge in [-0.1, -0.05) is 49.7 Å². The van der Waals surface area contributed by atoms with Crippen molar-refractivity contribution in [2.75, 3.05) is 6.54 Å². The van der Waals surface area contributed by atoms with Crippen molar-refractivity contribution in [1.82, 2.24) is 9.71 Å². The maximum absolute atomic E-state index is 13.3. The van der Waals surface area contributed by atoms with Gasteiger partial charge < -0.3 is 0 Å². The molecule has 1 N–H and O–H groups in total. The van der Waals surface area contributed by atoms with Gasteiger partial charge in [0.15, 0.2) is 0 Å². The number of nitrogens with one attached hydrogen (secondary N) is 1. The Morgan fingerprint density at radius 2 is 1.75 bits per heavy atom. The Morgan fingerprint density at radius 3 is 2.38 bits per heavy atom. The number of aromatic nitrogens is 1. The molecule has 170 valence electrons. The lowest BCUT2D eigenvalue weighted by Gasteiger charge is -2.17. The van der Waals surface area contributed by atoms with Crippen LogP contribution in [0.5, 0.6) is 0 Å². The first-order valence-electron chi connectivity index (χ1n) is 10.1. The van der Waals surface area contributed by atoms with Crippen molar-refractivity contribution in [3.8, 4) is 0 Å². The summed E-state index contributed by atoms with van der Waals surface area (Å²) in [6.45, 7) is 5.50. The highest BCUT2D eigenvalue weighted by atomic mass is 35.5. The van der Waals surface area contributed by atoms with Gasteiger partial charge in [-0.05, 0) is 54.3 Å². The molecule has 32 heavy (non-hydrogen) atoms. The average molecular weight is 493 g/mol. The third-order valence-electron chi connectivity index (χ3n) is 5.04. The topological polar surface area (TPSA) is 93.2 Å². The highest BCUT2D eigenvalue weighted by Crippen LogP contribution is 2.33. The Labute approximate surface area is 194 Å². The molecule has 0 aliphatic carbocycles. The Kier molecular flexibility index (Phi) is 7.39. The summed E-state index contributed by atoms with van der Waals surface area (Å²) in [5.74, 6) is -0.129. The fourth-order valence-corrected chi connectivity index (χ4v) is 7.00. The highest BCUT2D eigenvalue weighted by Gasteiger charge is 2.27. The smallest absolute Gasteiger partial charge is 0.240 e. The Hall–Kier alpha value is -2.26. The molecule has 0 aliphatic heterocycles. The second kappa shape index (κ2) is 9.70. The number of benzene rings is 2. The van der Waals surface area contributed by atoms with Gasteiger partial charge in [-0.25, -0.2) is 21.6 Å². The zero-order valence-corrected chi connectivity index (χ0v) is 20.4. The van der Waals surface area contributed by atoms with Crippen molar-refractivity contribution >= 4 is 31.5 Å². The first kappa shape index (κ1) is 24.4. The van der Waals surface area contributed by atoms with Crippen molar-refractivity contribution in [1.29, 1.82) is 0 Å². The number of sulfone groups is 1. The molecule has 9 heteroatoms. The van der Waals surface area contributed by atoms with Gasteiger partial charge in [0.05, 0.1) is 19.7 Å². The Balaban J connectivity index is 2.01. The summed E-state index contributed by atoms with van der Waals surface area (Å²) < 4.78 is 55.5. The van der Waals surface area contributed by atoms with Crippen LogP contribution in [0.25, 0.3) is 0 Å². The molecule has 3 rings (SSSR count). The lowest BCUT2D eigenvalue weighted by atomic mass is 10.0. The van der Waals surface area contributed by atoms with E-state index in [2.05, 4.69) is 9.71 Å². The number of nitrogens with zero attached hydrogens (tertiary/aromatic N) is 1. The zero-order valence-electron chi connectivity index (χ0n) is 18.0. The molecular weight excluding hydrogens is 468 g/mol. The van der Waals surface area contributed by atoms with Crippen LogP contribution in [0.15, 0.2) is 75.5 Å². The fourth-order valence-electron chi connectivity index (χ4n) is 3.40. The minimum absolute atomic E-state index is 0.0228. The zero-order chi connectivity index (χ0) is 23.5. The SMILES string of the molecule is Cc1cccc(Cl)c1S(=O)(=O)c1ccc(C(C)C)c(S(=O)(=O)NCCc2ccccn2)c1. The van der Waals surface area contributed by atoms with E-state index < -0.39 is 19.9 Å². The number of pyridine rings is 1. The molecule has 0 unspecified atom stereocenters. The van der Waals surface area contributed by atoms with E-state index in [0.29, 0.717) is 17.5 Å². The third-order valence-corrected chi connectivity index (χ3v) is 8.94. The average Bonchev–Trinajstić information content (AvgIpc) is 2.73. The number of hydrogen-bond donors (Lipinski definition) is 1. The van der Waals surface area contributed by atoms with Crippen LogP contribution in [0.4, 0.5) is 0 Å². The van der Waals surface area contributed by atoms with Crippen molar-refractivity contribution in [2.45, 2.75) is 47.8 Å². The van der Waals surface area contributed by atoms with Gasteiger partial charge >= 0.3 is 0 Å². The maximum atomic E-state index is 13.3.